The van der Waals surface area contributed by atoms with Crippen molar-refractivity contribution >= 4 is 11.7 Å². The molecule has 0 atom stereocenters. The number of aryl methyl sites for hydroxylation is 1. The molecule has 6 heteroatoms. The molecule has 0 spiro atoms. The first kappa shape index (κ1) is 16.5. The molecule has 0 aliphatic carbocycles. The molecule has 0 N–H and O–H groups in total. The number of anilines is 1. The summed E-state index contributed by atoms with van der Waals surface area (Å²) in [5.74, 6) is 2.86. The number of carbonyl (C=O) groups excluding carboxylic acids is 1. The van der Waals surface area contributed by atoms with Crippen molar-refractivity contribution in [1.29, 1.82) is 0 Å². The summed E-state index contributed by atoms with van der Waals surface area (Å²) in [4.78, 5) is 25.5. The highest BCUT2D eigenvalue weighted by Crippen LogP contribution is 2.18. The van der Waals surface area contributed by atoms with Gasteiger partial charge in [-0.1, -0.05) is 13.3 Å². The van der Waals surface area contributed by atoms with E-state index in [9.17, 15) is 4.79 Å². The van der Waals surface area contributed by atoms with Crippen LogP contribution >= 0.6 is 0 Å². The molecule has 2 aromatic rings. The third-order valence-electron chi connectivity index (χ3n) is 4.38. The smallest absolute Gasteiger partial charge is 0.222 e. The van der Waals surface area contributed by atoms with Gasteiger partial charge in [-0.05, 0) is 25.5 Å². The minimum atomic E-state index is 0.281. The number of carbonyl (C=O) groups is 1. The Hall–Kier alpha value is -2.37. The summed E-state index contributed by atoms with van der Waals surface area (Å²) in [6.07, 6.45) is 6.67. The van der Waals surface area contributed by atoms with Gasteiger partial charge in [0.25, 0.3) is 0 Å². The number of amides is 1. The van der Waals surface area contributed by atoms with Crippen LogP contribution in [0.4, 0.5) is 5.82 Å². The van der Waals surface area contributed by atoms with E-state index in [1.54, 1.807) is 0 Å². The second-order valence-electron chi connectivity index (χ2n) is 6.19. The Balaban J connectivity index is 1.67. The summed E-state index contributed by atoms with van der Waals surface area (Å²) >= 11 is 0. The van der Waals surface area contributed by atoms with Crippen LogP contribution in [0.3, 0.4) is 0 Å². The third-order valence-corrected chi connectivity index (χ3v) is 4.38. The van der Waals surface area contributed by atoms with Crippen molar-refractivity contribution in [1.82, 2.24) is 19.4 Å². The molecule has 0 saturated carbocycles. The fraction of sp³-hybridized carbons (Fsp3) is 0.500. The predicted molar refractivity (Wildman–Crippen MR) is 94.4 cm³/mol. The lowest BCUT2D eigenvalue weighted by Gasteiger charge is -2.35. The van der Waals surface area contributed by atoms with Crippen molar-refractivity contribution in [2.75, 3.05) is 31.1 Å². The molecule has 1 amide bonds. The fourth-order valence-corrected chi connectivity index (χ4v) is 2.99. The summed E-state index contributed by atoms with van der Waals surface area (Å²) in [5.41, 5.74) is 0. The van der Waals surface area contributed by atoms with Gasteiger partial charge >= 0.3 is 0 Å². The van der Waals surface area contributed by atoms with Crippen molar-refractivity contribution in [3.8, 4) is 5.82 Å². The van der Waals surface area contributed by atoms with Crippen LogP contribution in [-0.4, -0.2) is 51.5 Å². The number of aromatic nitrogens is 3. The van der Waals surface area contributed by atoms with Crippen LogP contribution in [0.25, 0.3) is 5.82 Å². The molecule has 128 valence electrons. The van der Waals surface area contributed by atoms with Crippen LogP contribution in [0, 0.1) is 6.92 Å². The van der Waals surface area contributed by atoms with Crippen LogP contribution in [0.2, 0.25) is 0 Å². The molecular weight excluding hydrogens is 302 g/mol. The van der Waals surface area contributed by atoms with Crippen molar-refractivity contribution < 1.29 is 4.79 Å². The maximum Gasteiger partial charge on any atom is 0.222 e. The molecule has 0 unspecified atom stereocenters. The number of unbranched alkanes of at least 4 members (excludes halogenated alkanes) is 1. The molecule has 0 radical (unpaired) electrons. The van der Waals surface area contributed by atoms with Gasteiger partial charge in [-0.3, -0.25) is 4.79 Å². The van der Waals surface area contributed by atoms with Crippen LogP contribution in [-0.2, 0) is 4.79 Å². The van der Waals surface area contributed by atoms with Crippen LogP contribution < -0.4 is 4.90 Å². The molecule has 1 aliphatic rings. The lowest BCUT2D eigenvalue weighted by molar-refractivity contribution is -0.131. The van der Waals surface area contributed by atoms with E-state index in [4.69, 9.17) is 0 Å². The van der Waals surface area contributed by atoms with Crippen LogP contribution in [0.15, 0.2) is 30.6 Å². The van der Waals surface area contributed by atoms with Crippen molar-refractivity contribution in [2.45, 2.75) is 33.1 Å². The molecule has 0 bridgehead atoms. The van der Waals surface area contributed by atoms with E-state index in [0.29, 0.717) is 6.42 Å². The molecule has 24 heavy (non-hydrogen) atoms. The third kappa shape index (κ3) is 3.75. The number of rotatable bonds is 5. The summed E-state index contributed by atoms with van der Waals surface area (Å²) in [6, 6.07) is 5.98. The quantitative estimate of drug-likeness (QED) is 0.846. The summed E-state index contributed by atoms with van der Waals surface area (Å²) < 4.78 is 1.99. The van der Waals surface area contributed by atoms with Gasteiger partial charge in [0.2, 0.25) is 5.91 Å². The molecule has 1 saturated heterocycles. The highest BCUT2D eigenvalue weighted by atomic mass is 16.2. The van der Waals surface area contributed by atoms with E-state index < -0.39 is 0 Å². The zero-order valence-electron chi connectivity index (χ0n) is 14.5. The number of hydrogen-bond acceptors (Lipinski definition) is 4. The largest absolute Gasteiger partial charge is 0.353 e. The number of nitrogens with zero attached hydrogens (tertiary/aromatic N) is 5. The van der Waals surface area contributed by atoms with E-state index in [-0.39, 0.29) is 5.91 Å². The Morgan fingerprint density at radius 2 is 1.75 bits per heavy atom. The molecule has 3 rings (SSSR count). The second kappa shape index (κ2) is 7.47. The first-order valence-electron chi connectivity index (χ1n) is 8.69. The Bertz CT molecular complexity index is 675. The monoisotopic (exact) mass is 327 g/mol. The van der Waals surface area contributed by atoms with Crippen molar-refractivity contribution in [3.63, 3.8) is 0 Å². The Morgan fingerprint density at radius 3 is 2.42 bits per heavy atom. The minimum absolute atomic E-state index is 0.281. The maximum atomic E-state index is 12.1. The minimum Gasteiger partial charge on any atom is -0.353 e. The van der Waals surface area contributed by atoms with Gasteiger partial charge < -0.3 is 14.4 Å². The van der Waals surface area contributed by atoms with Crippen LogP contribution in [0.5, 0.6) is 0 Å². The fourth-order valence-electron chi connectivity index (χ4n) is 2.99. The number of piperazine rings is 1. The number of hydrogen-bond donors (Lipinski definition) is 0. The van der Waals surface area contributed by atoms with E-state index >= 15 is 0 Å². The first-order valence-corrected chi connectivity index (χ1v) is 8.69. The van der Waals surface area contributed by atoms with Gasteiger partial charge in [0, 0.05) is 51.1 Å². The maximum absolute atomic E-state index is 12.1. The molecule has 2 aromatic heterocycles. The molecular formula is C18H25N5O. The second-order valence-corrected chi connectivity index (χ2v) is 6.19. The summed E-state index contributed by atoms with van der Waals surface area (Å²) in [6.45, 7) is 7.21. The van der Waals surface area contributed by atoms with Gasteiger partial charge in [0.15, 0.2) is 0 Å². The Labute approximate surface area is 143 Å². The van der Waals surface area contributed by atoms with E-state index in [1.807, 2.05) is 47.0 Å². The Morgan fingerprint density at radius 1 is 1.08 bits per heavy atom. The zero-order valence-corrected chi connectivity index (χ0v) is 14.5. The highest BCUT2D eigenvalue weighted by Gasteiger charge is 2.22. The predicted octanol–water partition coefficient (Wildman–Crippen LogP) is 2.41. The normalized spacial score (nSPS) is 14.9. The van der Waals surface area contributed by atoms with Crippen molar-refractivity contribution in [2.24, 2.45) is 0 Å². The molecule has 1 aliphatic heterocycles. The van der Waals surface area contributed by atoms with Gasteiger partial charge in [-0.2, -0.15) is 0 Å². The van der Waals surface area contributed by atoms with E-state index in [2.05, 4.69) is 21.8 Å². The Kier molecular flexibility index (Phi) is 5.13. The van der Waals surface area contributed by atoms with Gasteiger partial charge in [0.1, 0.15) is 17.5 Å². The molecule has 0 aromatic carbocycles. The lowest BCUT2D eigenvalue weighted by atomic mass is 10.2. The molecule has 1 fully saturated rings. The average Bonchev–Trinajstić information content (AvgIpc) is 3.14. The molecule has 3 heterocycles. The van der Waals surface area contributed by atoms with Crippen molar-refractivity contribution in [3.05, 3.63) is 36.4 Å². The lowest BCUT2D eigenvalue weighted by Crippen LogP contribution is -2.49. The average molecular weight is 327 g/mol. The van der Waals surface area contributed by atoms with Gasteiger partial charge in [-0.25, -0.2) is 9.97 Å². The highest BCUT2D eigenvalue weighted by molar-refractivity contribution is 5.76. The molecule has 6 nitrogen and oxygen atoms in total. The van der Waals surface area contributed by atoms with Crippen LogP contribution in [0.1, 0.15) is 32.0 Å². The summed E-state index contributed by atoms with van der Waals surface area (Å²) in [7, 11) is 0. The van der Waals surface area contributed by atoms with E-state index in [0.717, 1.165) is 56.5 Å². The van der Waals surface area contributed by atoms with E-state index in [1.165, 1.54) is 0 Å². The standard InChI is InChI=1S/C18H25N5O/c1-3-4-7-18(24)23-12-10-22(11-13-23)17-14-16(19-15(2)20-17)21-8-5-6-9-21/h5-6,8-9,14H,3-4,7,10-13H2,1-2H3. The zero-order chi connectivity index (χ0) is 16.9. The van der Waals surface area contributed by atoms with Gasteiger partial charge in [-0.15, -0.1) is 0 Å². The SMILES string of the molecule is CCCCC(=O)N1CCN(c2cc(-n3cccc3)nc(C)n2)CC1. The topological polar surface area (TPSA) is 54.3 Å². The van der Waals surface area contributed by atoms with Gasteiger partial charge in [0.05, 0.1) is 0 Å². The first-order chi connectivity index (χ1) is 11.7. The summed E-state index contributed by atoms with van der Waals surface area (Å²) in [5, 5.41) is 0.